The fraction of sp³-hybridized carbons (Fsp3) is 0.115. The van der Waals surface area contributed by atoms with E-state index in [4.69, 9.17) is 0 Å². The van der Waals surface area contributed by atoms with Crippen molar-refractivity contribution in [3.8, 4) is 0 Å². The summed E-state index contributed by atoms with van der Waals surface area (Å²) in [6, 6.07) is 28.4. The Kier molecular flexibility index (Phi) is 6.97. The Balaban J connectivity index is 1.65. The van der Waals surface area contributed by atoms with Crippen LogP contribution in [-0.2, 0) is 11.3 Å². The van der Waals surface area contributed by atoms with Crippen molar-refractivity contribution in [1.29, 1.82) is 0 Å². The second-order valence-corrected chi connectivity index (χ2v) is 6.72. The number of hydrogen-bond donors (Lipinski definition) is 1. The van der Waals surface area contributed by atoms with Gasteiger partial charge in [0.25, 0.3) is 0 Å². The highest BCUT2D eigenvalue weighted by Crippen LogP contribution is 2.23. The van der Waals surface area contributed by atoms with Gasteiger partial charge in [0.15, 0.2) is 0 Å². The Bertz CT molecular complexity index is 942. The third-order valence-corrected chi connectivity index (χ3v) is 4.59. The quantitative estimate of drug-likeness (QED) is 0.523. The van der Waals surface area contributed by atoms with Gasteiger partial charge in [-0.2, -0.15) is 0 Å². The van der Waals surface area contributed by atoms with E-state index in [1.54, 1.807) is 6.08 Å². The fourth-order valence-corrected chi connectivity index (χ4v) is 3.01. The summed E-state index contributed by atoms with van der Waals surface area (Å²) in [5.41, 5.74) is 4.52. The van der Waals surface area contributed by atoms with Gasteiger partial charge >= 0.3 is 0 Å². The lowest BCUT2D eigenvalue weighted by atomic mass is 9.94. The van der Waals surface area contributed by atoms with E-state index in [0.29, 0.717) is 6.54 Å². The molecular weight excluding hydrogens is 342 g/mol. The molecule has 140 valence electrons. The van der Waals surface area contributed by atoms with Gasteiger partial charge in [-0.3, -0.25) is 4.79 Å². The van der Waals surface area contributed by atoms with E-state index >= 15 is 0 Å². The summed E-state index contributed by atoms with van der Waals surface area (Å²) < 4.78 is 0. The van der Waals surface area contributed by atoms with Crippen LogP contribution in [0.1, 0.15) is 35.1 Å². The van der Waals surface area contributed by atoms with E-state index < -0.39 is 0 Å². The molecule has 0 spiro atoms. The van der Waals surface area contributed by atoms with Crippen LogP contribution in [0.3, 0.4) is 0 Å². The van der Waals surface area contributed by atoms with Crippen LogP contribution in [0.25, 0.3) is 12.2 Å². The van der Waals surface area contributed by atoms with Crippen LogP contribution < -0.4 is 5.32 Å². The zero-order chi connectivity index (χ0) is 19.6. The predicted octanol–water partition coefficient (Wildman–Crippen LogP) is 5.83. The summed E-state index contributed by atoms with van der Waals surface area (Å²) in [6.45, 7) is 2.70. The van der Waals surface area contributed by atoms with Crippen molar-refractivity contribution in [2.45, 2.75) is 19.4 Å². The first-order valence-electron chi connectivity index (χ1n) is 9.54. The van der Waals surface area contributed by atoms with Crippen molar-refractivity contribution in [3.63, 3.8) is 0 Å². The van der Waals surface area contributed by atoms with Gasteiger partial charge in [0.1, 0.15) is 0 Å². The number of benzene rings is 3. The standard InChI is InChI=1S/C26H25NO/c1-21(16-17-22-10-4-2-5-11-22)25-15-9-8-14-24(25)18-19-26(28)27-20-23-12-6-3-7-13-23/h2-19,21H,20H2,1H3,(H,27,28)/b17-16+,19-18+/t21-/m0/s1. The predicted molar refractivity (Wildman–Crippen MR) is 118 cm³/mol. The molecule has 0 saturated carbocycles. The molecule has 0 aromatic heterocycles. The second kappa shape index (κ2) is 10.1. The normalized spacial score (nSPS) is 12.3. The number of carbonyl (C=O) groups excluding carboxylic acids is 1. The lowest BCUT2D eigenvalue weighted by Crippen LogP contribution is -2.20. The molecule has 0 aliphatic carbocycles. The molecule has 0 aliphatic rings. The molecule has 0 unspecified atom stereocenters. The van der Waals surface area contributed by atoms with Crippen molar-refractivity contribution in [3.05, 3.63) is 119 Å². The highest BCUT2D eigenvalue weighted by atomic mass is 16.1. The van der Waals surface area contributed by atoms with Crippen LogP contribution in [-0.4, -0.2) is 5.91 Å². The summed E-state index contributed by atoms with van der Waals surface area (Å²) in [7, 11) is 0. The van der Waals surface area contributed by atoms with E-state index in [-0.39, 0.29) is 11.8 Å². The average Bonchev–Trinajstić information content (AvgIpc) is 2.76. The van der Waals surface area contributed by atoms with Crippen LogP contribution in [0.15, 0.2) is 97.1 Å². The Labute approximate surface area is 167 Å². The summed E-state index contributed by atoms with van der Waals surface area (Å²) in [5.74, 6) is 0.152. The SMILES string of the molecule is C[C@@H](/C=C/c1ccccc1)c1ccccc1/C=C/C(=O)NCc1ccccc1. The molecule has 0 saturated heterocycles. The molecule has 1 atom stereocenters. The van der Waals surface area contributed by atoms with Crippen molar-refractivity contribution in [2.24, 2.45) is 0 Å². The third kappa shape index (κ3) is 5.82. The zero-order valence-corrected chi connectivity index (χ0v) is 16.1. The maximum atomic E-state index is 12.2. The molecule has 0 fully saturated rings. The van der Waals surface area contributed by atoms with Gasteiger partial charge in [0, 0.05) is 12.6 Å². The first-order valence-corrected chi connectivity index (χ1v) is 9.54. The third-order valence-electron chi connectivity index (χ3n) is 4.59. The van der Waals surface area contributed by atoms with Gasteiger partial charge in [-0.25, -0.2) is 0 Å². The minimum Gasteiger partial charge on any atom is -0.348 e. The number of carbonyl (C=O) groups is 1. The highest BCUT2D eigenvalue weighted by molar-refractivity contribution is 5.91. The van der Waals surface area contributed by atoms with Gasteiger partial charge < -0.3 is 5.32 Å². The number of rotatable bonds is 7. The molecule has 1 amide bonds. The van der Waals surface area contributed by atoms with Crippen LogP contribution >= 0.6 is 0 Å². The molecule has 0 radical (unpaired) electrons. The summed E-state index contributed by atoms with van der Waals surface area (Å²) >= 11 is 0. The molecule has 0 bridgehead atoms. The lowest BCUT2D eigenvalue weighted by Gasteiger charge is -2.11. The van der Waals surface area contributed by atoms with Crippen LogP contribution in [0.2, 0.25) is 0 Å². The van der Waals surface area contributed by atoms with Crippen LogP contribution in [0.4, 0.5) is 0 Å². The number of hydrogen-bond acceptors (Lipinski definition) is 1. The minimum absolute atomic E-state index is 0.0915. The Morgan fingerprint density at radius 3 is 2.25 bits per heavy atom. The van der Waals surface area contributed by atoms with Crippen molar-refractivity contribution >= 4 is 18.1 Å². The first-order chi connectivity index (χ1) is 13.7. The monoisotopic (exact) mass is 367 g/mol. The summed E-state index contributed by atoms with van der Waals surface area (Å²) in [5, 5.41) is 2.92. The van der Waals surface area contributed by atoms with Gasteiger partial charge in [-0.1, -0.05) is 104 Å². The first kappa shape index (κ1) is 19.4. The van der Waals surface area contributed by atoms with E-state index in [1.807, 2.05) is 72.8 Å². The fourth-order valence-electron chi connectivity index (χ4n) is 3.01. The number of amides is 1. The molecule has 3 aromatic rings. The molecule has 2 nitrogen and oxygen atoms in total. The maximum Gasteiger partial charge on any atom is 0.244 e. The number of allylic oxidation sites excluding steroid dienone is 1. The van der Waals surface area contributed by atoms with E-state index in [1.165, 1.54) is 11.1 Å². The summed E-state index contributed by atoms with van der Waals surface area (Å²) in [4.78, 5) is 12.2. The van der Waals surface area contributed by atoms with Gasteiger partial charge in [0.05, 0.1) is 0 Å². The Hall–Kier alpha value is -3.39. The van der Waals surface area contributed by atoms with Crippen LogP contribution in [0.5, 0.6) is 0 Å². The largest absolute Gasteiger partial charge is 0.348 e. The molecule has 0 heterocycles. The smallest absolute Gasteiger partial charge is 0.244 e. The van der Waals surface area contributed by atoms with E-state index in [0.717, 1.165) is 11.1 Å². The molecule has 2 heteroatoms. The van der Waals surface area contributed by atoms with Gasteiger partial charge in [0.2, 0.25) is 5.91 Å². The molecule has 1 N–H and O–H groups in total. The van der Waals surface area contributed by atoms with Crippen molar-refractivity contribution in [2.75, 3.05) is 0 Å². The van der Waals surface area contributed by atoms with Gasteiger partial charge in [-0.05, 0) is 34.2 Å². The molecule has 0 aliphatic heterocycles. The van der Waals surface area contributed by atoms with Crippen molar-refractivity contribution in [1.82, 2.24) is 5.32 Å². The lowest BCUT2D eigenvalue weighted by molar-refractivity contribution is -0.116. The Morgan fingerprint density at radius 2 is 1.50 bits per heavy atom. The van der Waals surface area contributed by atoms with Gasteiger partial charge in [-0.15, -0.1) is 0 Å². The highest BCUT2D eigenvalue weighted by Gasteiger charge is 2.06. The Morgan fingerprint density at radius 1 is 0.857 bits per heavy atom. The summed E-state index contributed by atoms with van der Waals surface area (Å²) in [6.07, 6.45) is 7.83. The maximum absolute atomic E-state index is 12.2. The van der Waals surface area contributed by atoms with Crippen molar-refractivity contribution < 1.29 is 4.79 Å². The van der Waals surface area contributed by atoms with E-state index in [2.05, 4.69) is 42.6 Å². The molecule has 3 aromatic carbocycles. The minimum atomic E-state index is -0.0915. The topological polar surface area (TPSA) is 29.1 Å². The molecule has 28 heavy (non-hydrogen) atoms. The molecular formula is C26H25NO. The molecule has 3 rings (SSSR count). The second-order valence-electron chi connectivity index (χ2n) is 6.72. The number of nitrogens with one attached hydrogen (secondary N) is 1. The van der Waals surface area contributed by atoms with Crippen LogP contribution in [0, 0.1) is 0 Å². The zero-order valence-electron chi connectivity index (χ0n) is 16.1. The van der Waals surface area contributed by atoms with E-state index in [9.17, 15) is 4.79 Å². The average molecular weight is 367 g/mol.